The van der Waals surface area contributed by atoms with Crippen LogP contribution in [0, 0.1) is 11.6 Å². The van der Waals surface area contributed by atoms with Crippen molar-refractivity contribution in [1.82, 2.24) is 4.98 Å². The molecular formula is C18H19F2NO2. The number of nitrogens with zero attached hydrogens (tertiary/aromatic N) is 1. The Balaban J connectivity index is 2.14. The van der Waals surface area contributed by atoms with E-state index in [0.717, 1.165) is 6.42 Å². The summed E-state index contributed by atoms with van der Waals surface area (Å²) in [5, 5.41) is 18.3. The second-order valence-corrected chi connectivity index (χ2v) is 5.42. The van der Waals surface area contributed by atoms with Crippen LogP contribution in [0.3, 0.4) is 0 Å². The highest BCUT2D eigenvalue weighted by atomic mass is 19.2. The van der Waals surface area contributed by atoms with Gasteiger partial charge in [-0.15, -0.1) is 0 Å². The van der Waals surface area contributed by atoms with Crippen LogP contribution in [0.1, 0.15) is 31.7 Å². The summed E-state index contributed by atoms with van der Waals surface area (Å²) >= 11 is 0. The fourth-order valence-electron chi connectivity index (χ4n) is 2.20. The molecule has 0 saturated heterocycles. The summed E-state index contributed by atoms with van der Waals surface area (Å²) in [6, 6.07) is 5.79. The van der Waals surface area contributed by atoms with Gasteiger partial charge in [0.15, 0.2) is 11.6 Å². The number of aromatic nitrogens is 1. The molecule has 2 N–H and O–H groups in total. The highest BCUT2D eigenvalue weighted by Crippen LogP contribution is 2.27. The molecule has 0 bridgehead atoms. The number of rotatable bonds is 6. The Kier molecular flexibility index (Phi) is 5.82. The first-order valence-electron chi connectivity index (χ1n) is 7.47. The summed E-state index contributed by atoms with van der Waals surface area (Å²) in [4.78, 5) is 3.66. The molecular weight excluding hydrogens is 300 g/mol. The van der Waals surface area contributed by atoms with Crippen LogP contribution in [0.5, 0.6) is 5.88 Å². The Morgan fingerprint density at radius 1 is 1.17 bits per heavy atom. The predicted octanol–water partition coefficient (Wildman–Crippen LogP) is 4.30. The molecule has 0 saturated carbocycles. The third-order valence-corrected chi connectivity index (χ3v) is 3.46. The topological polar surface area (TPSA) is 53.4 Å². The van der Waals surface area contributed by atoms with E-state index in [4.69, 9.17) is 10.2 Å². The number of unbranched alkanes of at least 4 members (excludes halogenated alkanes) is 1. The number of aliphatic hydroxyl groups is 1. The van der Waals surface area contributed by atoms with E-state index in [-0.39, 0.29) is 23.1 Å². The first-order chi connectivity index (χ1) is 11.0. The molecule has 0 aliphatic heterocycles. The number of aliphatic hydroxyl groups excluding tert-OH is 1. The van der Waals surface area contributed by atoms with Crippen molar-refractivity contribution in [2.45, 2.75) is 32.3 Å². The summed E-state index contributed by atoms with van der Waals surface area (Å²) in [7, 11) is 0. The smallest absolute Gasteiger partial charge is 0.210 e. The van der Waals surface area contributed by atoms with Gasteiger partial charge in [0.2, 0.25) is 5.88 Å². The number of pyridine rings is 1. The van der Waals surface area contributed by atoms with Gasteiger partial charge in [0, 0.05) is 29.0 Å². The number of hydrogen-bond donors (Lipinski definition) is 2. The van der Waals surface area contributed by atoms with Crippen molar-refractivity contribution in [2.75, 3.05) is 0 Å². The molecule has 1 aromatic heterocycles. The maximum Gasteiger partial charge on any atom is 0.210 e. The number of halogens is 2. The molecule has 1 aromatic carbocycles. The van der Waals surface area contributed by atoms with E-state index in [0.29, 0.717) is 18.4 Å². The van der Waals surface area contributed by atoms with Crippen molar-refractivity contribution in [3.8, 4) is 17.0 Å². The molecule has 1 atom stereocenters. The van der Waals surface area contributed by atoms with Gasteiger partial charge in [0.05, 0.1) is 6.10 Å². The minimum Gasteiger partial charge on any atom is -0.493 e. The number of aromatic hydroxyl groups is 1. The lowest BCUT2D eigenvalue weighted by Crippen LogP contribution is -1.97. The number of benzene rings is 1. The quantitative estimate of drug-likeness (QED) is 0.781. The molecule has 0 radical (unpaired) electrons. The van der Waals surface area contributed by atoms with Gasteiger partial charge < -0.3 is 10.2 Å². The third-order valence-electron chi connectivity index (χ3n) is 3.46. The second-order valence-electron chi connectivity index (χ2n) is 5.42. The van der Waals surface area contributed by atoms with E-state index in [1.165, 1.54) is 30.5 Å². The summed E-state index contributed by atoms with van der Waals surface area (Å²) < 4.78 is 28.3. The SMILES string of the molecule is CC(O)CCCC=Cc1ccc(-c2ccc(O)nc2)c(F)c1F. The van der Waals surface area contributed by atoms with Crippen LogP contribution in [0.2, 0.25) is 0 Å². The number of allylic oxidation sites excluding steroid dienone is 1. The zero-order valence-corrected chi connectivity index (χ0v) is 12.8. The summed E-state index contributed by atoms with van der Waals surface area (Å²) in [6.07, 6.45) is 6.40. The van der Waals surface area contributed by atoms with E-state index in [2.05, 4.69) is 4.98 Å². The van der Waals surface area contributed by atoms with E-state index in [1.807, 2.05) is 0 Å². The van der Waals surface area contributed by atoms with Gasteiger partial charge in [-0.05, 0) is 32.3 Å². The molecule has 3 nitrogen and oxygen atoms in total. The van der Waals surface area contributed by atoms with Crippen LogP contribution in [0.25, 0.3) is 17.2 Å². The molecule has 23 heavy (non-hydrogen) atoms. The van der Waals surface area contributed by atoms with Gasteiger partial charge >= 0.3 is 0 Å². The lowest BCUT2D eigenvalue weighted by Gasteiger charge is -2.06. The van der Waals surface area contributed by atoms with Gasteiger partial charge in [-0.25, -0.2) is 13.8 Å². The summed E-state index contributed by atoms with van der Waals surface area (Å²) in [5.41, 5.74) is 0.669. The largest absolute Gasteiger partial charge is 0.493 e. The Labute approximate surface area is 133 Å². The normalized spacial score (nSPS) is 12.7. The molecule has 0 aliphatic rings. The minimum atomic E-state index is -0.941. The van der Waals surface area contributed by atoms with Crippen molar-refractivity contribution in [2.24, 2.45) is 0 Å². The Hall–Kier alpha value is -2.27. The fourth-order valence-corrected chi connectivity index (χ4v) is 2.20. The zero-order valence-electron chi connectivity index (χ0n) is 12.8. The van der Waals surface area contributed by atoms with Crippen LogP contribution in [-0.2, 0) is 0 Å². The van der Waals surface area contributed by atoms with Gasteiger partial charge in [-0.1, -0.05) is 24.3 Å². The average Bonchev–Trinajstić information content (AvgIpc) is 2.52. The second kappa shape index (κ2) is 7.83. The van der Waals surface area contributed by atoms with Crippen LogP contribution in [0.4, 0.5) is 8.78 Å². The van der Waals surface area contributed by atoms with E-state index in [9.17, 15) is 8.78 Å². The lowest BCUT2D eigenvalue weighted by molar-refractivity contribution is 0.182. The van der Waals surface area contributed by atoms with Crippen molar-refractivity contribution < 1.29 is 19.0 Å². The van der Waals surface area contributed by atoms with E-state index in [1.54, 1.807) is 19.1 Å². The van der Waals surface area contributed by atoms with Gasteiger partial charge in [-0.2, -0.15) is 0 Å². The Morgan fingerprint density at radius 2 is 1.96 bits per heavy atom. The van der Waals surface area contributed by atoms with E-state index >= 15 is 0 Å². The summed E-state index contributed by atoms with van der Waals surface area (Å²) in [5.74, 6) is -2.03. The zero-order chi connectivity index (χ0) is 16.8. The Bertz CT molecular complexity index is 682. The van der Waals surface area contributed by atoms with Gasteiger partial charge in [0.25, 0.3) is 0 Å². The predicted molar refractivity (Wildman–Crippen MR) is 85.8 cm³/mol. The molecule has 0 amide bonds. The van der Waals surface area contributed by atoms with Crippen LogP contribution in [0.15, 0.2) is 36.5 Å². The van der Waals surface area contributed by atoms with Crippen molar-refractivity contribution in [3.63, 3.8) is 0 Å². The standard InChI is InChI=1S/C18H19F2NO2/c1-12(22)5-3-2-4-6-13-7-9-15(18(20)17(13)19)14-8-10-16(23)21-11-14/h4,6-12,22H,2-3,5H2,1H3,(H,21,23). The minimum absolute atomic E-state index is 0.0984. The fraction of sp³-hybridized carbons (Fsp3) is 0.278. The van der Waals surface area contributed by atoms with Crippen molar-refractivity contribution in [1.29, 1.82) is 0 Å². The van der Waals surface area contributed by atoms with Gasteiger partial charge in [0.1, 0.15) is 0 Å². The molecule has 122 valence electrons. The lowest BCUT2D eigenvalue weighted by atomic mass is 10.0. The molecule has 5 heteroatoms. The van der Waals surface area contributed by atoms with Crippen LogP contribution in [-0.4, -0.2) is 21.3 Å². The average molecular weight is 319 g/mol. The highest BCUT2D eigenvalue weighted by Gasteiger charge is 2.13. The molecule has 0 fully saturated rings. The van der Waals surface area contributed by atoms with Crippen molar-refractivity contribution in [3.05, 3.63) is 53.7 Å². The Morgan fingerprint density at radius 3 is 2.61 bits per heavy atom. The molecule has 1 unspecified atom stereocenters. The first-order valence-corrected chi connectivity index (χ1v) is 7.47. The molecule has 2 rings (SSSR count). The maximum atomic E-state index is 14.2. The van der Waals surface area contributed by atoms with Crippen LogP contribution < -0.4 is 0 Å². The molecule has 2 aromatic rings. The van der Waals surface area contributed by atoms with Crippen LogP contribution >= 0.6 is 0 Å². The molecule has 0 aliphatic carbocycles. The number of hydrogen-bond acceptors (Lipinski definition) is 3. The summed E-state index contributed by atoms with van der Waals surface area (Å²) in [6.45, 7) is 1.72. The van der Waals surface area contributed by atoms with Crippen molar-refractivity contribution >= 4 is 6.08 Å². The molecule has 0 spiro atoms. The monoisotopic (exact) mass is 319 g/mol. The third kappa shape index (κ3) is 4.60. The first kappa shape index (κ1) is 17.1. The van der Waals surface area contributed by atoms with E-state index < -0.39 is 11.6 Å². The highest BCUT2D eigenvalue weighted by molar-refractivity contribution is 5.66. The maximum absolute atomic E-state index is 14.2. The van der Waals surface area contributed by atoms with Gasteiger partial charge in [-0.3, -0.25) is 0 Å². The molecule has 1 heterocycles.